The van der Waals surface area contributed by atoms with Crippen molar-refractivity contribution in [3.63, 3.8) is 0 Å². The van der Waals surface area contributed by atoms with Gasteiger partial charge in [-0.1, -0.05) is 35.1 Å². The van der Waals surface area contributed by atoms with E-state index in [2.05, 4.69) is 15.0 Å². The fourth-order valence-electron chi connectivity index (χ4n) is 2.43. The lowest BCUT2D eigenvalue weighted by Gasteiger charge is -2.06. The second kappa shape index (κ2) is 7.99. The number of ether oxygens (including phenoxy) is 1. The third-order valence-electron chi connectivity index (χ3n) is 3.88. The average molecular weight is 418 g/mol. The van der Waals surface area contributed by atoms with Crippen LogP contribution in [0.1, 0.15) is 20.9 Å². The molecule has 0 spiro atoms. The van der Waals surface area contributed by atoms with Gasteiger partial charge in [-0.3, -0.25) is 9.52 Å². The molecule has 0 aliphatic rings. The standard InChI is InChI=1S/C19H19N3O4S2/c1-12-7-9-16(10-8-12)28(24,25)22-19-20-13(2)17(27-19)18(23)21-14-5-4-6-15(11-14)26-3/h4-11H,1-3H3,(H,20,22)(H,21,23). The molecule has 1 amide bonds. The van der Waals surface area contributed by atoms with Crippen molar-refractivity contribution < 1.29 is 17.9 Å². The Bertz CT molecular complexity index is 1110. The number of benzene rings is 2. The Morgan fingerprint density at radius 1 is 1.11 bits per heavy atom. The molecule has 2 N–H and O–H groups in total. The van der Waals surface area contributed by atoms with Crippen LogP contribution in [0.2, 0.25) is 0 Å². The van der Waals surface area contributed by atoms with Gasteiger partial charge in [0.2, 0.25) is 0 Å². The van der Waals surface area contributed by atoms with Crippen LogP contribution >= 0.6 is 11.3 Å². The molecule has 0 atom stereocenters. The number of nitrogens with one attached hydrogen (secondary N) is 2. The fourth-order valence-corrected chi connectivity index (χ4v) is 4.53. The highest BCUT2D eigenvalue weighted by atomic mass is 32.2. The normalized spacial score (nSPS) is 11.1. The third kappa shape index (κ3) is 4.49. The van der Waals surface area contributed by atoms with Crippen LogP contribution in [0, 0.1) is 13.8 Å². The molecule has 3 rings (SSSR count). The predicted molar refractivity (Wildman–Crippen MR) is 110 cm³/mol. The van der Waals surface area contributed by atoms with Crippen LogP contribution in [0.25, 0.3) is 0 Å². The zero-order valence-electron chi connectivity index (χ0n) is 15.5. The SMILES string of the molecule is COc1cccc(NC(=O)c2sc(NS(=O)(=O)c3ccc(C)cc3)nc2C)c1. The Labute approximate surface area is 167 Å². The number of amides is 1. The van der Waals surface area contributed by atoms with Crippen molar-refractivity contribution in [1.29, 1.82) is 0 Å². The van der Waals surface area contributed by atoms with Gasteiger partial charge in [0, 0.05) is 11.8 Å². The smallest absolute Gasteiger partial charge is 0.267 e. The second-order valence-corrected chi connectivity index (χ2v) is 8.72. The van der Waals surface area contributed by atoms with Crippen LogP contribution in [-0.2, 0) is 10.0 Å². The van der Waals surface area contributed by atoms with E-state index in [4.69, 9.17) is 4.74 Å². The summed E-state index contributed by atoms with van der Waals surface area (Å²) in [6.07, 6.45) is 0. The van der Waals surface area contributed by atoms with Crippen LogP contribution in [0.15, 0.2) is 53.4 Å². The summed E-state index contributed by atoms with van der Waals surface area (Å²) in [5.74, 6) is 0.245. The molecule has 1 aromatic heterocycles. The topological polar surface area (TPSA) is 97.4 Å². The summed E-state index contributed by atoms with van der Waals surface area (Å²) in [6, 6.07) is 13.4. The van der Waals surface area contributed by atoms with Gasteiger partial charge in [0.05, 0.1) is 17.7 Å². The van der Waals surface area contributed by atoms with Crippen molar-refractivity contribution in [2.75, 3.05) is 17.1 Å². The summed E-state index contributed by atoms with van der Waals surface area (Å²) in [7, 11) is -2.24. The van der Waals surface area contributed by atoms with Crippen molar-refractivity contribution in [2.45, 2.75) is 18.7 Å². The lowest BCUT2D eigenvalue weighted by molar-refractivity contribution is 0.103. The monoisotopic (exact) mass is 417 g/mol. The summed E-state index contributed by atoms with van der Waals surface area (Å²) in [6.45, 7) is 3.53. The molecule has 0 bridgehead atoms. The van der Waals surface area contributed by atoms with Gasteiger partial charge in [-0.25, -0.2) is 13.4 Å². The first-order chi connectivity index (χ1) is 13.3. The number of aryl methyl sites for hydroxylation is 2. The van der Waals surface area contributed by atoms with Crippen LogP contribution in [0.4, 0.5) is 10.8 Å². The summed E-state index contributed by atoms with van der Waals surface area (Å²) >= 11 is 0.977. The molecule has 146 valence electrons. The number of nitrogens with zero attached hydrogens (tertiary/aromatic N) is 1. The minimum Gasteiger partial charge on any atom is -0.497 e. The number of rotatable bonds is 6. The van der Waals surface area contributed by atoms with E-state index in [-0.39, 0.29) is 15.9 Å². The van der Waals surface area contributed by atoms with Gasteiger partial charge in [0.1, 0.15) is 10.6 Å². The number of aromatic nitrogens is 1. The minimum absolute atomic E-state index is 0.133. The molecule has 7 nitrogen and oxygen atoms in total. The summed E-state index contributed by atoms with van der Waals surface area (Å²) in [4.78, 5) is 17.2. The van der Waals surface area contributed by atoms with Crippen LogP contribution < -0.4 is 14.8 Å². The lowest BCUT2D eigenvalue weighted by Crippen LogP contribution is -2.12. The Hall–Kier alpha value is -2.91. The molecule has 3 aromatic rings. The molecule has 0 aliphatic heterocycles. The van der Waals surface area contributed by atoms with Gasteiger partial charge in [0.15, 0.2) is 5.13 Å². The second-order valence-electron chi connectivity index (χ2n) is 6.04. The van der Waals surface area contributed by atoms with Crippen LogP contribution in [0.3, 0.4) is 0 Å². The Morgan fingerprint density at radius 2 is 1.82 bits per heavy atom. The molecule has 28 heavy (non-hydrogen) atoms. The highest BCUT2D eigenvalue weighted by Crippen LogP contribution is 2.26. The number of hydrogen-bond donors (Lipinski definition) is 2. The van der Waals surface area contributed by atoms with E-state index in [0.717, 1.165) is 16.9 Å². The number of carbonyl (C=O) groups is 1. The number of thiazole rings is 1. The quantitative estimate of drug-likeness (QED) is 0.635. The van der Waals surface area contributed by atoms with Gasteiger partial charge < -0.3 is 10.1 Å². The van der Waals surface area contributed by atoms with Crippen molar-refractivity contribution in [1.82, 2.24) is 4.98 Å². The highest BCUT2D eigenvalue weighted by molar-refractivity contribution is 7.93. The summed E-state index contributed by atoms with van der Waals surface area (Å²) < 4.78 is 32.6. The predicted octanol–water partition coefficient (Wildman–Crippen LogP) is 3.82. The minimum atomic E-state index is -3.78. The Kier molecular flexibility index (Phi) is 5.66. The van der Waals surface area contributed by atoms with Crippen molar-refractivity contribution >= 4 is 38.1 Å². The number of methoxy groups -OCH3 is 1. The van der Waals surface area contributed by atoms with E-state index in [0.29, 0.717) is 22.0 Å². The number of anilines is 2. The number of hydrogen-bond acceptors (Lipinski definition) is 6. The van der Waals surface area contributed by atoms with Crippen LogP contribution in [-0.4, -0.2) is 26.4 Å². The highest BCUT2D eigenvalue weighted by Gasteiger charge is 2.20. The molecule has 1 heterocycles. The largest absolute Gasteiger partial charge is 0.497 e. The van der Waals surface area contributed by atoms with Gasteiger partial charge in [-0.2, -0.15) is 0 Å². The molecule has 0 fully saturated rings. The van der Waals surface area contributed by atoms with Gasteiger partial charge in [-0.05, 0) is 38.1 Å². The van der Waals surface area contributed by atoms with Gasteiger partial charge in [0.25, 0.3) is 15.9 Å². The zero-order valence-corrected chi connectivity index (χ0v) is 17.1. The number of sulfonamides is 1. The molecule has 0 aliphatic carbocycles. The van der Waals surface area contributed by atoms with E-state index in [9.17, 15) is 13.2 Å². The van der Waals surface area contributed by atoms with Crippen molar-refractivity contribution in [3.8, 4) is 5.75 Å². The molecular formula is C19H19N3O4S2. The summed E-state index contributed by atoms with van der Waals surface area (Å²) in [5, 5.41) is 2.90. The molecule has 9 heteroatoms. The van der Waals surface area contributed by atoms with Gasteiger partial charge >= 0.3 is 0 Å². The van der Waals surface area contributed by atoms with E-state index >= 15 is 0 Å². The fraction of sp³-hybridized carbons (Fsp3) is 0.158. The first-order valence-electron chi connectivity index (χ1n) is 8.31. The molecule has 0 saturated heterocycles. The first-order valence-corrected chi connectivity index (χ1v) is 10.6. The maximum atomic E-state index is 12.6. The maximum Gasteiger partial charge on any atom is 0.267 e. The maximum absolute atomic E-state index is 12.6. The Balaban J connectivity index is 1.78. The first kappa shape index (κ1) is 19.8. The van der Waals surface area contributed by atoms with Crippen molar-refractivity contribution in [2.24, 2.45) is 0 Å². The van der Waals surface area contributed by atoms with Crippen molar-refractivity contribution in [3.05, 3.63) is 64.7 Å². The Morgan fingerprint density at radius 3 is 2.50 bits per heavy atom. The number of carbonyl (C=O) groups excluding carboxylic acids is 1. The molecular weight excluding hydrogens is 398 g/mol. The van der Waals surface area contributed by atoms with Crippen LogP contribution in [0.5, 0.6) is 5.75 Å². The molecule has 0 saturated carbocycles. The molecule has 0 unspecified atom stereocenters. The molecule has 2 aromatic carbocycles. The lowest BCUT2D eigenvalue weighted by atomic mass is 10.2. The van der Waals surface area contributed by atoms with E-state index < -0.39 is 10.0 Å². The zero-order chi connectivity index (χ0) is 20.3. The average Bonchev–Trinajstić information content (AvgIpc) is 3.01. The summed E-state index contributed by atoms with van der Waals surface area (Å²) in [5.41, 5.74) is 1.96. The van der Waals surface area contributed by atoms with E-state index in [1.54, 1.807) is 50.4 Å². The van der Waals surface area contributed by atoms with E-state index in [1.165, 1.54) is 12.1 Å². The van der Waals surface area contributed by atoms with E-state index in [1.807, 2.05) is 6.92 Å². The molecule has 0 radical (unpaired) electrons. The van der Waals surface area contributed by atoms with Gasteiger partial charge in [-0.15, -0.1) is 0 Å². The third-order valence-corrected chi connectivity index (χ3v) is 6.44.